The molecule has 0 saturated heterocycles. The van der Waals surface area contributed by atoms with Crippen LogP contribution in [0, 0.1) is 12.8 Å². The van der Waals surface area contributed by atoms with Crippen LogP contribution in [0.25, 0.3) is 0 Å². The predicted octanol–water partition coefficient (Wildman–Crippen LogP) is 2.89. The fourth-order valence-corrected chi connectivity index (χ4v) is 3.79. The van der Waals surface area contributed by atoms with Gasteiger partial charge in [0.15, 0.2) is 0 Å². The first-order valence-electron chi connectivity index (χ1n) is 8.66. The molecular weight excluding hydrogens is 330 g/mol. The van der Waals surface area contributed by atoms with Crippen LogP contribution in [0.5, 0.6) is 0 Å². The minimum absolute atomic E-state index is 0.0307. The van der Waals surface area contributed by atoms with Crippen LogP contribution in [0.15, 0.2) is 6.07 Å². The van der Waals surface area contributed by atoms with Crippen LogP contribution < -0.4 is 5.32 Å². The highest BCUT2D eigenvalue weighted by Gasteiger charge is 2.46. The second-order valence-corrected chi connectivity index (χ2v) is 7.17. The Morgan fingerprint density at radius 3 is 2.68 bits per heavy atom. The third-order valence-corrected chi connectivity index (χ3v) is 5.02. The predicted molar refractivity (Wildman–Crippen MR) is 86.8 cm³/mol. The van der Waals surface area contributed by atoms with Gasteiger partial charge in [0.25, 0.3) is 5.91 Å². The van der Waals surface area contributed by atoms with Crippen LogP contribution in [0.1, 0.15) is 59.4 Å². The van der Waals surface area contributed by atoms with Crippen molar-refractivity contribution in [2.75, 3.05) is 0 Å². The van der Waals surface area contributed by atoms with E-state index in [9.17, 15) is 23.5 Å². The van der Waals surface area contributed by atoms with Crippen LogP contribution in [-0.4, -0.2) is 33.9 Å². The molecule has 1 aromatic rings. The summed E-state index contributed by atoms with van der Waals surface area (Å²) in [7, 11) is 0. The smallest absolute Gasteiger partial charge is 0.326 e. The summed E-state index contributed by atoms with van der Waals surface area (Å²) in [4.78, 5) is 28.6. The fourth-order valence-electron chi connectivity index (χ4n) is 3.79. The van der Waals surface area contributed by atoms with Gasteiger partial charge in [-0.3, -0.25) is 9.78 Å². The standard InChI is InChI=1S/C18H22F2N2O3/c1-10-6-13(12-4-2-3-5-14(12)21-10)16(23)22-15(17(24)25)7-11-8-18(19,20)9-11/h6,11,15H,2-5,7-9H2,1H3,(H,22,23)(H,24,25). The van der Waals surface area contributed by atoms with Gasteiger partial charge in [-0.1, -0.05) is 0 Å². The number of rotatable bonds is 5. The van der Waals surface area contributed by atoms with Crippen molar-refractivity contribution in [3.63, 3.8) is 0 Å². The topological polar surface area (TPSA) is 79.3 Å². The van der Waals surface area contributed by atoms with Crippen molar-refractivity contribution in [2.45, 2.75) is 63.8 Å². The maximum atomic E-state index is 13.0. The number of fused-ring (bicyclic) bond motifs is 1. The van der Waals surface area contributed by atoms with E-state index in [2.05, 4.69) is 10.3 Å². The molecule has 1 heterocycles. The summed E-state index contributed by atoms with van der Waals surface area (Å²) >= 11 is 0. The minimum Gasteiger partial charge on any atom is -0.480 e. The number of hydrogen-bond acceptors (Lipinski definition) is 3. The van der Waals surface area contributed by atoms with Crippen LogP contribution in [-0.2, 0) is 17.6 Å². The lowest BCUT2D eigenvalue weighted by molar-refractivity contribution is -0.143. The van der Waals surface area contributed by atoms with Gasteiger partial charge in [0.2, 0.25) is 5.92 Å². The summed E-state index contributed by atoms with van der Waals surface area (Å²) in [6.07, 6.45) is 2.97. The van der Waals surface area contributed by atoms with Crippen molar-refractivity contribution in [2.24, 2.45) is 5.92 Å². The third-order valence-electron chi connectivity index (χ3n) is 5.02. The van der Waals surface area contributed by atoms with Crippen LogP contribution in [0.3, 0.4) is 0 Å². The summed E-state index contributed by atoms with van der Waals surface area (Å²) in [5.41, 5.74) is 2.97. The molecule has 1 saturated carbocycles. The molecular formula is C18H22F2N2O3. The molecule has 1 unspecified atom stereocenters. The number of halogens is 2. The number of carboxylic acids is 1. The lowest BCUT2D eigenvalue weighted by atomic mass is 9.77. The van der Waals surface area contributed by atoms with Crippen molar-refractivity contribution < 1.29 is 23.5 Å². The number of carbonyl (C=O) groups is 2. The molecule has 2 N–H and O–H groups in total. The van der Waals surface area contributed by atoms with E-state index in [1.807, 2.05) is 0 Å². The Morgan fingerprint density at radius 1 is 1.36 bits per heavy atom. The number of carboxylic acid groups (broad SMARTS) is 1. The molecule has 7 heteroatoms. The zero-order valence-corrected chi connectivity index (χ0v) is 14.1. The number of carbonyl (C=O) groups excluding carboxylic acids is 1. The molecule has 0 spiro atoms. The molecule has 1 fully saturated rings. The zero-order valence-electron chi connectivity index (χ0n) is 14.1. The number of aromatic nitrogens is 1. The first-order valence-corrected chi connectivity index (χ1v) is 8.66. The Kier molecular flexibility index (Phi) is 4.75. The molecule has 2 aliphatic carbocycles. The van der Waals surface area contributed by atoms with E-state index in [0.29, 0.717) is 5.56 Å². The second-order valence-electron chi connectivity index (χ2n) is 7.17. The summed E-state index contributed by atoms with van der Waals surface area (Å²) in [5.74, 6) is -4.71. The highest BCUT2D eigenvalue weighted by molar-refractivity contribution is 5.98. The Bertz CT molecular complexity index is 698. The molecule has 3 rings (SSSR count). The van der Waals surface area contributed by atoms with Gasteiger partial charge >= 0.3 is 5.97 Å². The van der Waals surface area contributed by atoms with E-state index in [1.54, 1.807) is 13.0 Å². The molecule has 0 bridgehead atoms. The number of nitrogens with zero attached hydrogens (tertiary/aromatic N) is 1. The highest BCUT2D eigenvalue weighted by atomic mass is 19.3. The van der Waals surface area contributed by atoms with Crippen molar-refractivity contribution in [3.8, 4) is 0 Å². The molecule has 2 aliphatic rings. The number of nitrogens with one attached hydrogen (secondary N) is 1. The van der Waals surface area contributed by atoms with Crippen molar-refractivity contribution in [1.29, 1.82) is 0 Å². The number of pyridine rings is 1. The summed E-state index contributed by atoms with van der Waals surface area (Å²) in [5, 5.41) is 11.9. The molecule has 25 heavy (non-hydrogen) atoms. The number of aryl methyl sites for hydroxylation is 2. The normalized spacial score (nSPS) is 20.3. The number of hydrogen-bond donors (Lipinski definition) is 2. The van der Waals surface area contributed by atoms with Gasteiger partial charge in [0.05, 0.1) is 0 Å². The Labute approximate surface area is 144 Å². The van der Waals surface area contributed by atoms with Crippen LogP contribution >= 0.6 is 0 Å². The lowest BCUT2D eigenvalue weighted by Gasteiger charge is -2.36. The van der Waals surface area contributed by atoms with Crippen molar-refractivity contribution >= 4 is 11.9 Å². The van der Waals surface area contributed by atoms with Crippen LogP contribution in [0.4, 0.5) is 8.78 Å². The van der Waals surface area contributed by atoms with Gasteiger partial charge < -0.3 is 10.4 Å². The van der Waals surface area contributed by atoms with Gasteiger partial charge in [-0.2, -0.15) is 0 Å². The zero-order chi connectivity index (χ0) is 18.2. The van der Waals surface area contributed by atoms with Gasteiger partial charge in [0.1, 0.15) is 6.04 Å². The summed E-state index contributed by atoms with van der Waals surface area (Å²) in [6.45, 7) is 1.80. The van der Waals surface area contributed by atoms with E-state index >= 15 is 0 Å². The van der Waals surface area contributed by atoms with E-state index in [0.717, 1.165) is 42.6 Å². The van der Waals surface area contributed by atoms with Gasteiger partial charge in [-0.15, -0.1) is 0 Å². The molecule has 0 aromatic carbocycles. The molecule has 0 aliphatic heterocycles. The van der Waals surface area contributed by atoms with Crippen molar-refractivity contribution in [3.05, 3.63) is 28.6 Å². The number of alkyl halides is 2. The Hall–Kier alpha value is -2.05. The summed E-state index contributed by atoms with van der Waals surface area (Å²) < 4.78 is 25.9. The van der Waals surface area contributed by atoms with E-state index in [1.165, 1.54) is 0 Å². The molecule has 1 aromatic heterocycles. The minimum atomic E-state index is -2.70. The van der Waals surface area contributed by atoms with Gasteiger partial charge in [0, 0.05) is 29.8 Å². The molecule has 1 atom stereocenters. The molecule has 136 valence electrons. The van der Waals surface area contributed by atoms with Crippen molar-refractivity contribution in [1.82, 2.24) is 10.3 Å². The average Bonchev–Trinajstić information content (AvgIpc) is 2.51. The first-order chi connectivity index (χ1) is 11.7. The molecule has 0 radical (unpaired) electrons. The maximum absolute atomic E-state index is 13.0. The van der Waals surface area contributed by atoms with Crippen LogP contribution in [0.2, 0.25) is 0 Å². The maximum Gasteiger partial charge on any atom is 0.326 e. The number of amides is 1. The summed E-state index contributed by atoms with van der Waals surface area (Å²) in [6, 6.07) is 0.525. The second kappa shape index (κ2) is 6.69. The fraction of sp³-hybridized carbons (Fsp3) is 0.611. The first kappa shape index (κ1) is 17.8. The SMILES string of the molecule is Cc1cc(C(=O)NC(CC2CC(F)(F)C2)C(=O)O)c2c(n1)CCCC2. The lowest BCUT2D eigenvalue weighted by Crippen LogP contribution is -2.46. The number of aliphatic carboxylic acids is 1. The third kappa shape index (κ3) is 3.96. The largest absolute Gasteiger partial charge is 0.480 e. The van der Waals surface area contributed by atoms with Gasteiger partial charge in [-0.05, 0) is 56.6 Å². The van der Waals surface area contributed by atoms with E-state index < -0.39 is 23.8 Å². The quantitative estimate of drug-likeness (QED) is 0.854. The Balaban J connectivity index is 1.74. The van der Waals surface area contributed by atoms with E-state index in [-0.39, 0.29) is 25.2 Å². The average molecular weight is 352 g/mol. The monoisotopic (exact) mass is 352 g/mol. The highest BCUT2D eigenvalue weighted by Crippen LogP contribution is 2.44. The molecule has 5 nitrogen and oxygen atoms in total. The van der Waals surface area contributed by atoms with Gasteiger partial charge in [-0.25, -0.2) is 13.6 Å². The molecule has 1 amide bonds. The van der Waals surface area contributed by atoms with E-state index in [4.69, 9.17) is 0 Å². The Morgan fingerprint density at radius 2 is 2.04 bits per heavy atom.